The number of nitrogens with zero attached hydrogens (tertiary/aromatic N) is 4. The van der Waals surface area contributed by atoms with Crippen LogP contribution in [0.3, 0.4) is 0 Å². The van der Waals surface area contributed by atoms with E-state index in [0.717, 1.165) is 11.9 Å². The fourth-order valence-corrected chi connectivity index (χ4v) is 1.64. The highest BCUT2D eigenvalue weighted by molar-refractivity contribution is 5.80. The Hall–Kier alpha value is -2.70. The fraction of sp³-hybridized carbons (Fsp3) is 0.167. The summed E-state index contributed by atoms with van der Waals surface area (Å²) >= 11 is 0. The van der Waals surface area contributed by atoms with Gasteiger partial charge in [0.2, 0.25) is 11.8 Å². The van der Waals surface area contributed by atoms with Crippen LogP contribution in [-0.4, -0.2) is 31.7 Å². The Morgan fingerprint density at radius 3 is 3.05 bits per heavy atom. The van der Waals surface area contributed by atoms with Crippen molar-refractivity contribution < 1.29 is 4.74 Å². The summed E-state index contributed by atoms with van der Waals surface area (Å²) in [5.74, 6) is 1.56. The largest absolute Gasteiger partial charge is 0.436 e. The molecular formula is C12H12N6O. The van der Waals surface area contributed by atoms with Gasteiger partial charge in [0.1, 0.15) is 11.1 Å². The van der Waals surface area contributed by atoms with Gasteiger partial charge in [0.05, 0.1) is 12.4 Å². The van der Waals surface area contributed by atoms with Gasteiger partial charge in [-0.3, -0.25) is 10.1 Å². The monoisotopic (exact) mass is 256 g/mol. The maximum atomic E-state index is 5.72. The quantitative estimate of drug-likeness (QED) is 0.742. The Bertz CT molecular complexity index is 681. The molecule has 3 heterocycles. The summed E-state index contributed by atoms with van der Waals surface area (Å²) in [6.07, 6.45) is 4.95. The summed E-state index contributed by atoms with van der Waals surface area (Å²) < 4.78 is 5.72. The summed E-state index contributed by atoms with van der Waals surface area (Å²) in [5, 5.41) is 10.5. The van der Waals surface area contributed by atoms with Gasteiger partial charge in [-0.2, -0.15) is 15.1 Å². The highest BCUT2D eigenvalue weighted by atomic mass is 16.5. The standard InChI is InChI=1S/C12H12N6O/c1-2-14-12-16-10-9(7-15-18-10)11(17-12)19-8-4-3-5-13-6-8/h3-7H,2H2,1H3,(H2,14,15,16,17,18). The van der Waals surface area contributed by atoms with Crippen LogP contribution in [0.2, 0.25) is 0 Å². The first kappa shape index (κ1) is 11.4. The number of pyridine rings is 1. The number of ether oxygens (including phenoxy) is 1. The molecule has 3 aromatic rings. The van der Waals surface area contributed by atoms with Gasteiger partial charge in [0.15, 0.2) is 5.65 Å². The molecule has 19 heavy (non-hydrogen) atoms. The molecule has 0 radical (unpaired) electrons. The lowest BCUT2D eigenvalue weighted by molar-refractivity contribution is 0.467. The van der Waals surface area contributed by atoms with E-state index in [0.29, 0.717) is 23.2 Å². The Kier molecular flexibility index (Phi) is 2.93. The first-order chi connectivity index (χ1) is 9.36. The van der Waals surface area contributed by atoms with E-state index in [1.165, 1.54) is 0 Å². The van der Waals surface area contributed by atoms with Crippen molar-refractivity contribution in [2.24, 2.45) is 0 Å². The van der Waals surface area contributed by atoms with E-state index in [-0.39, 0.29) is 0 Å². The lowest BCUT2D eigenvalue weighted by Gasteiger charge is -2.07. The van der Waals surface area contributed by atoms with Crippen molar-refractivity contribution in [3.63, 3.8) is 0 Å². The maximum absolute atomic E-state index is 5.72. The second kappa shape index (κ2) is 4.89. The first-order valence-electron chi connectivity index (χ1n) is 5.89. The zero-order chi connectivity index (χ0) is 13.1. The highest BCUT2D eigenvalue weighted by Crippen LogP contribution is 2.26. The van der Waals surface area contributed by atoms with E-state index in [1.54, 1.807) is 24.7 Å². The molecule has 7 heteroatoms. The van der Waals surface area contributed by atoms with Crippen molar-refractivity contribution in [2.75, 3.05) is 11.9 Å². The van der Waals surface area contributed by atoms with E-state index < -0.39 is 0 Å². The summed E-state index contributed by atoms with van der Waals surface area (Å²) in [7, 11) is 0. The van der Waals surface area contributed by atoms with Crippen molar-refractivity contribution in [3.05, 3.63) is 30.7 Å². The average Bonchev–Trinajstić information content (AvgIpc) is 2.89. The molecule has 0 amide bonds. The number of nitrogens with one attached hydrogen (secondary N) is 2. The Morgan fingerprint density at radius 1 is 1.32 bits per heavy atom. The third kappa shape index (κ3) is 2.30. The number of anilines is 1. The van der Waals surface area contributed by atoms with Gasteiger partial charge in [-0.05, 0) is 19.1 Å². The lowest BCUT2D eigenvalue weighted by atomic mass is 10.4. The zero-order valence-electron chi connectivity index (χ0n) is 10.3. The van der Waals surface area contributed by atoms with Gasteiger partial charge in [-0.15, -0.1) is 0 Å². The van der Waals surface area contributed by atoms with Crippen LogP contribution in [0.4, 0.5) is 5.95 Å². The number of aromatic nitrogens is 5. The molecule has 0 bridgehead atoms. The van der Waals surface area contributed by atoms with Gasteiger partial charge in [-0.25, -0.2) is 0 Å². The van der Waals surface area contributed by atoms with Crippen LogP contribution in [0.15, 0.2) is 30.7 Å². The molecule has 0 aliphatic carbocycles. The lowest BCUT2D eigenvalue weighted by Crippen LogP contribution is -2.03. The number of hydrogen-bond donors (Lipinski definition) is 2. The molecule has 7 nitrogen and oxygen atoms in total. The second-order valence-electron chi connectivity index (χ2n) is 3.81. The number of fused-ring (bicyclic) bond motifs is 1. The van der Waals surface area contributed by atoms with E-state index in [4.69, 9.17) is 4.74 Å². The van der Waals surface area contributed by atoms with Crippen molar-refractivity contribution in [3.8, 4) is 11.6 Å². The summed E-state index contributed by atoms with van der Waals surface area (Å²) in [5.41, 5.74) is 0.629. The zero-order valence-corrected chi connectivity index (χ0v) is 10.3. The molecule has 2 N–H and O–H groups in total. The van der Waals surface area contributed by atoms with Crippen LogP contribution < -0.4 is 10.1 Å². The molecule has 0 saturated carbocycles. The van der Waals surface area contributed by atoms with Crippen LogP contribution in [0.5, 0.6) is 11.6 Å². The summed E-state index contributed by atoms with van der Waals surface area (Å²) in [6.45, 7) is 2.70. The van der Waals surface area contributed by atoms with Crippen molar-refractivity contribution >= 4 is 17.0 Å². The number of H-pyrrole nitrogens is 1. The third-order valence-corrected chi connectivity index (χ3v) is 2.46. The van der Waals surface area contributed by atoms with Gasteiger partial charge in [-0.1, -0.05) is 0 Å². The maximum Gasteiger partial charge on any atom is 0.235 e. The predicted octanol–water partition coefficient (Wildman–Crippen LogP) is 1.97. The average molecular weight is 256 g/mol. The third-order valence-electron chi connectivity index (χ3n) is 2.46. The molecule has 3 rings (SSSR count). The molecule has 0 atom stereocenters. The van der Waals surface area contributed by atoms with Crippen molar-refractivity contribution in [1.29, 1.82) is 0 Å². The van der Waals surface area contributed by atoms with Crippen LogP contribution in [-0.2, 0) is 0 Å². The number of aromatic amines is 1. The van der Waals surface area contributed by atoms with Crippen LogP contribution in [0.25, 0.3) is 11.0 Å². The Morgan fingerprint density at radius 2 is 2.26 bits per heavy atom. The van der Waals surface area contributed by atoms with Crippen LogP contribution in [0.1, 0.15) is 6.92 Å². The Labute approximate surface area is 109 Å². The van der Waals surface area contributed by atoms with E-state index in [2.05, 4.69) is 30.5 Å². The predicted molar refractivity (Wildman–Crippen MR) is 70.2 cm³/mol. The molecule has 0 spiro atoms. The molecule has 0 aliphatic heterocycles. The smallest absolute Gasteiger partial charge is 0.235 e. The number of rotatable bonds is 4. The minimum atomic E-state index is 0.447. The van der Waals surface area contributed by atoms with Crippen LogP contribution in [0, 0.1) is 0 Å². The first-order valence-corrected chi connectivity index (χ1v) is 5.89. The van der Waals surface area contributed by atoms with Crippen molar-refractivity contribution in [2.45, 2.75) is 6.92 Å². The van der Waals surface area contributed by atoms with E-state index in [9.17, 15) is 0 Å². The molecule has 0 saturated heterocycles. The second-order valence-corrected chi connectivity index (χ2v) is 3.81. The van der Waals surface area contributed by atoms with Gasteiger partial charge in [0, 0.05) is 12.7 Å². The van der Waals surface area contributed by atoms with Gasteiger partial charge < -0.3 is 10.1 Å². The highest BCUT2D eigenvalue weighted by Gasteiger charge is 2.11. The fourth-order valence-electron chi connectivity index (χ4n) is 1.64. The SMILES string of the molecule is CCNc1nc(Oc2cccnc2)c2cn[nH]c2n1. The molecule has 3 aromatic heterocycles. The molecule has 0 aromatic carbocycles. The van der Waals surface area contributed by atoms with E-state index >= 15 is 0 Å². The minimum Gasteiger partial charge on any atom is -0.436 e. The molecule has 0 unspecified atom stereocenters. The normalized spacial score (nSPS) is 10.6. The molecular weight excluding hydrogens is 244 g/mol. The number of hydrogen-bond acceptors (Lipinski definition) is 6. The van der Waals surface area contributed by atoms with E-state index in [1.807, 2.05) is 13.0 Å². The summed E-state index contributed by atoms with van der Waals surface area (Å²) in [6, 6.07) is 3.61. The van der Waals surface area contributed by atoms with Gasteiger partial charge >= 0.3 is 0 Å². The molecule has 0 aliphatic rings. The summed E-state index contributed by atoms with van der Waals surface area (Å²) in [4.78, 5) is 12.6. The Balaban J connectivity index is 2.03. The van der Waals surface area contributed by atoms with Crippen LogP contribution >= 0.6 is 0 Å². The van der Waals surface area contributed by atoms with Crippen molar-refractivity contribution in [1.82, 2.24) is 25.1 Å². The molecule has 0 fully saturated rings. The van der Waals surface area contributed by atoms with Gasteiger partial charge in [0.25, 0.3) is 0 Å². The minimum absolute atomic E-state index is 0.447. The topological polar surface area (TPSA) is 88.6 Å². The molecule has 96 valence electrons.